The van der Waals surface area contributed by atoms with Gasteiger partial charge in [-0.3, -0.25) is 9.78 Å². The summed E-state index contributed by atoms with van der Waals surface area (Å²) in [6, 6.07) is 4.96. The molecule has 1 amide bonds. The molecule has 0 bridgehead atoms. The number of methoxy groups -OCH3 is 2. The molecule has 0 radical (unpaired) electrons. The van der Waals surface area contributed by atoms with Gasteiger partial charge in [-0.1, -0.05) is 5.16 Å². The van der Waals surface area contributed by atoms with Gasteiger partial charge in [0.25, 0.3) is 0 Å². The second-order valence-corrected chi connectivity index (χ2v) is 4.54. The number of ether oxygens (including phenoxy) is 2. The lowest BCUT2D eigenvalue weighted by Gasteiger charge is -2.09. The predicted octanol–water partition coefficient (Wildman–Crippen LogP) is 1.80. The van der Waals surface area contributed by atoms with E-state index in [2.05, 4.69) is 25.4 Å². The molecule has 9 heteroatoms. The summed E-state index contributed by atoms with van der Waals surface area (Å²) in [5.74, 6) is 0.482. The molecule has 0 aliphatic carbocycles. The van der Waals surface area contributed by atoms with Crippen LogP contribution in [0.15, 0.2) is 41.3 Å². The molecule has 0 unspecified atom stereocenters. The minimum absolute atomic E-state index is 0.181. The first-order valence-electron chi connectivity index (χ1n) is 6.84. The Bertz CT molecular complexity index is 850. The van der Waals surface area contributed by atoms with E-state index < -0.39 is 5.91 Å². The Labute approximate surface area is 136 Å². The van der Waals surface area contributed by atoms with E-state index in [9.17, 15) is 4.79 Å². The number of nitrogens with zero attached hydrogens (tertiary/aromatic N) is 4. The lowest BCUT2D eigenvalue weighted by atomic mass is 10.2. The van der Waals surface area contributed by atoms with E-state index >= 15 is 0 Å². The fraction of sp³-hybridized carbons (Fsp3) is 0.133. The van der Waals surface area contributed by atoms with Crippen molar-refractivity contribution in [3.05, 3.63) is 42.7 Å². The summed E-state index contributed by atoms with van der Waals surface area (Å²) in [4.78, 5) is 24.1. The quantitative estimate of drug-likeness (QED) is 0.755. The van der Waals surface area contributed by atoms with Crippen molar-refractivity contribution in [3.63, 3.8) is 0 Å². The lowest BCUT2D eigenvalue weighted by Crippen LogP contribution is -2.12. The van der Waals surface area contributed by atoms with Gasteiger partial charge in [-0.15, -0.1) is 0 Å². The van der Waals surface area contributed by atoms with Crippen LogP contribution >= 0.6 is 0 Å². The highest BCUT2D eigenvalue weighted by atomic mass is 16.5. The van der Waals surface area contributed by atoms with Gasteiger partial charge in [0, 0.05) is 24.1 Å². The van der Waals surface area contributed by atoms with Crippen molar-refractivity contribution >= 4 is 11.6 Å². The van der Waals surface area contributed by atoms with Crippen LogP contribution in [0.25, 0.3) is 11.5 Å². The van der Waals surface area contributed by atoms with E-state index in [1.165, 1.54) is 32.8 Å². The van der Waals surface area contributed by atoms with Crippen molar-refractivity contribution in [2.45, 2.75) is 0 Å². The lowest BCUT2D eigenvalue weighted by molar-refractivity contribution is 0.0981. The largest absolute Gasteiger partial charge is 0.493 e. The summed E-state index contributed by atoms with van der Waals surface area (Å²) in [6.45, 7) is 0. The zero-order chi connectivity index (χ0) is 16.9. The fourth-order valence-corrected chi connectivity index (χ4v) is 1.93. The number of nitrogens with one attached hydrogen (secondary N) is 1. The molecular weight excluding hydrogens is 314 g/mol. The number of carbonyl (C=O) groups is 1. The molecule has 1 N–H and O–H groups in total. The molecule has 0 spiro atoms. The normalized spacial score (nSPS) is 10.2. The van der Waals surface area contributed by atoms with Crippen molar-refractivity contribution < 1.29 is 18.8 Å². The number of amides is 1. The number of hydrogen-bond acceptors (Lipinski definition) is 8. The maximum absolute atomic E-state index is 12.2. The van der Waals surface area contributed by atoms with Gasteiger partial charge in [-0.05, 0) is 12.1 Å². The Morgan fingerprint density at radius 2 is 2.00 bits per heavy atom. The molecule has 0 saturated carbocycles. The van der Waals surface area contributed by atoms with Gasteiger partial charge in [-0.25, -0.2) is 4.98 Å². The third-order valence-corrected chi connectivity index (χ3v) is 3.05. The summed E-state index contributed by atoms with van der Waals surface area (Å²) in [5, 5.41) is 6.36. The molecule has 0 aliphatic heterocycles. The van der Waals surface area contributed by atoms with Crippen LogP contribution in [0.3, 0.4) is 0 Å². The third-order valence-electron chi connectivity index (χ3n) is 3.05. The fourth-order valence-electron chi connectivity index (χ4n) is 1.93. The number of benzene rings is 1. The van der Waals surface area contributed by atoms with Gasteiger partial charge in [0.05, 0.1) is 20.4 Å². The number of aromatic nitrogens is 4. The van der Waals surface area contributed by atoms with E-state index in [1.54, 1.807) is 18.2 Å². The number of rotatable bonds is 5. The molecule has 2 aromatic heterocycles. The Hall–Kier alpha value is -3.49. The van der Waals surface area contributed by atoms with Crippen molar-refractivity contribution in [2.24, 2.45) is 0 Å². The molecule has 0 saturated heterocycles. The molecule has 9 nitrogen and oxygen atoms in total. The third kappa shape index (κ3) is 3.14. The van der Waals surface area contributed by atoms with E-state index in [-0.39, 0.29) is 11.7 Å². The van der Waals surface area contributed by atoms with Crippen LogP contribution < -0.4 is 14.8 Å². The molecule has 122 valence electrons. The van der Waals surface area contributed by atoms with Gasteiger partial charge in [0.1, 0.15) is 5.69 Å². The second-order valence-electron chi connectivity index (χ2n) is 4.54. The van der Waals surface area contributed by atoms with Crippen LogP contribution in [-0.2, 0) is 0 Å². The first-order chi connectivity index (χ1) is 11.7. The first-order valence-corrected chi connectivity index (χ1v) is 6.84. The first kappa shape index (κ1) is 15.4. The maximum Gasteiger partial charge on any atom is 0.316 e. The summed E-state index contributed by atoms with van der Waals surface area (Å²) in [7, 11) is 3.04. The average Bonchev–Trinajstić information content (AvgIpc) is 3.12. The van der Waals surface area contributed by atoms with E-state index in [4.69, 9.17) is 14.0 Å². The van der Waals surface area contributed by atoms with E-state index in [0.29, 0.717) is 22.9 Å². The van der Waals surface area contributed by atoms with E-state index in [1.807, 2.05) is 0 Å². The Morgan fingerprint density at radius 1 is 1.17 bits per heavy atom. The van der Waals surface area contributed by atoms with Crippen LogP contribution in [0.4, 0.5) is 5.69 Å². The average molecular weight is 327 g/mol. The van der Waals surface area contributed by atoms with Crippen molar-refractivity contribution in [2.75, 3.05) is 19.5 Å². The highest BCUT2D eigenvalue weighted by Gasteiger charge is 2.17. The van der Waals surface area contributed by atoms with Crippen LogP contribution in [0.1, 0.15) is 10.7 Å². The predicted molar refractivity (Wildman–Crippen MR) is 82.8 cm³/mol. The SMILES string of the molecule is COc1ccc(NC(=O)c2nc(-c3cnccn3)no2)cc1OC. The number of hydrogen-bond donors (Lipinski definition) is 1. The Kier molecular flexibility index (Phi) is 4.32. The summed E-state index contributed by atoms with van der Waals surface area (Å²) < 4.78 is 15.3. The molecule has 2 heterocycles. The van der Waals surface area contributed by atoms with E-state index in [0.717, 1.165) is 0 Å². The Morgan fingerprint density at radius 3 is 2.71 bits per heavy atom. The molecule has 3 rings (SSSR count). The zero-order valence-electron chi connectivity index (χ0n) is 12.9. The number of carbonyl (C=O) groups excluding carboxylic acids is 1. The van der Waals surface area contributed by atoms with Gasteiger partial charge < -0.3 is 19.3 Å². The highest BCUT2D eigenvalue weighted by Crippen LogP contribution is 2.29. The number of anilines is 1. The minimum atomic E-state index is -0.551. The zero-order valence-corrected chi connectivity index (χ0v) is 12.9. The monoisotopic (exact) mass is 327 g/mol. The molecule has 0 fully saturated rings. The summed E-state index contributed by atoms with van der Waals surface area (Å²) in [6.07, 6.45) is 4.49. The minimum Gasteiger partial charge on any atom is -0.493 e. The van der Waals surface area contributed by atoms with Crippen molar-refractivity contribution in [3.8, 4) is 23.0 Å². The molecular formula is C15H13N5O4. The summed E-state index contributed by atoms with van der Waals surface area (Å²) >= 11 is 0. The smallest absolute Gasteiger partial charge is 0.316 e. The molecule has 1 aromatic carbocycles. The van der Waals surface area contributed by atoms with Gasteiger partial charge in [0.15, 0.2) is 11.5 Å². The van der Waals surface area contributed by atoms with Crippen molar-refractivity contribution in [1.29, 1.82) is 0 Å². The van der Waals surface area contributed by atoms with Crippen LogP contribution in [0, 0.1) is 0 Å². The topological polar surface area (TPSA) is 112 Å². The van der Waals surface area contributed by atoms with Gasteiger partial charge in [0.2, 0.25) is 5.82 Å². The standard InChI is InChI=1S/C15H13N5O4/c1-22-11-4-3-9(7-12(11)23-2)18-14(21)15-19-13(20-24-15)10-8-16-5-6-17-10/h3-8H,1-2H3,(H,18,21). The van der Waals surface area contributed by atoms with Crippen LogP contribution in [0.2, 0.25) is 0 Å². The molecule has 0 aliphatic rings. The highest BCUT2D eigenvalue weighted by molar-refractivity contribution is 6.01. The van der Waals surface area contributed by atoms with Gasteiger partial charge >= 0.3 is 11.8 Å². The maximum atomic E-state index is 12.2. The van der Waals surface area contributed by atoms with Gasteiger partial charge in [-0.2, -0.15) is 4.98 Å². The van der Waals surface area contributed by atoms with Crippen LogP contribution in [0.5, 0.6) is 11.5 Å². The Balaban J connectivity index is 1.77. The molecule has 0 atom stereocenters. The summed E-state index contributed by atoms with van der Waals surface area (Å²) in [5.41, 5.74) is 0.906. The second kappa shape index (κ2) is 6.73. The molecule has 24 heavy (non-hydrogen) atoms. The van der Waals surface area contributed by atoms with Crippen LogP contribution in [-0.4, -0.2) is 40.2 Å². The molecule has 3 aromatic rings. The van der Waals surface area contributed by atoms with Crippen molar-refractivity contribution in [1.82, 2.24) is 20.1 Å².